The highest BCUT2D eigenvalue weighted by Crippen LogP contribution is 2.41. The molecule has 168 valence electrons. The molecule has 0 N–H and O–H groups in total. The van der Waals surface area contributed by atoms with E-state index in [0.29, 0.717) is 11.9 Å². The van der Waals surface area contributed by atoms with Crippen LogP contribution in [0.5, 0.6) is 0 Å². The zero-order valence-electron chi connectivity index (χ0n) is 18.5. The van der Waals surface area contributed by atoms with E-state index in [-0.39, 0.29) is 5.60 Å². The summed E-state index contributed by atoms with van der Waals surface area (Å²) in [7, 11) is 0. The lowest BCUT2D eigenvalue weighted by Gasteiger charge is -2.30. The third-order valence-corrected chi connectivity index (χ3v) is 8.56. The SMILES string of the molecule is CC(C)Sc1nc2sc3c(c2c2nnc(SCCN4CCOCC4)n12)CC(C)(C)OC3. The molecular weight excluding hydrogens is 450 g/mol. The Bertz CT molecular complexity index is 1090. The average Bonchev–Trinajstić information content (AvgIpc) is 3.29. The maximum Gasteiger partial charge on any atom is 0.197 e. The van der Waals surface area contributed by atoms with Gasteiger partial charge in [-0.1, -0.05) is 37.4 Å². The molecule has 3 aromatic heterocycles. The predicted octanol–water partition coefficient (Wildman–Crippen LogP) is 4.12. The molecule has 0 radical (unpaired) electrons. The van der Waals surface area contributed by atoms with Gasteiger partial charge in [0.2, 0.25) is 0 Å². The minimum absolute atomic E-state index is 0.168. The molecule has 0 unspecified atom stereocenters. The summed E-state index contributed by atoms with van der Waals surface area (Å²) >= 11 is 5.29. The quantitative estimate of drug-likeness (QED) is 0.387. The van der Waals surface area contributed by atoms with E-state index in [0.717, 1.165) is 71.2 Å². The van der Waals surface area contributed by atoms with Crippen LogP contribution in [0.25, 0.3) is 15.9 Å². The van der Waals surface area contributed by atoms with E-state index in [1.54, 1.807) is 34.9 Å². The molecular formula is C21H29N5O2S3. The molecule has 0 spiro atoms. The number of hydrogen-bond donors (Lipinski definition) is 0. The van der Waals surface area contributed by atoms with Crippen molar-refractivity contribution < 1.29 is 9.47 Å². The van der Waals surface area contributed by atoms with Gasteiger partial charge in [0, 0.05) is 41.9 Å². The van der Waals surface area contributed by atoms with Crippen LogP contribution in [0.2, 0.25) is 0 Å². The lowest BCUT2D eigenvalue weighted by molar-refractivity contribution is -0.0379. The Morgan fingerprint density at radius 1 is 1.16 bits per heavy atom. The summed E-state index contributed by atoms with van der Waals surface area (Å²) in [6.45, 7) is 14.1. The highest BCUT2D eigenvalue weighted by Gasteiger charge is 2.31. The van der Waals surface area contributed by atoms with Crippen molar-refractivity contribution >= 4 is 50.7 Å². The maximum atomic E-state index is 6.06. The smallest absolute Gasteiger partial charge is 0.197 e. The van der Waals surface area contributed by atoms with Crippen molar-refractivity contribution in [1.29, 1.82) is 0 Å². The van der Waals surface area contributed by atoms with E-state index in [1.807, 2.05) is 0 Å². The standard InChI is InChI=1S/C21H29N5O2S3/c1-13(2)30-19-22-18-16(14-11-21(3,4)28-12-15(14)31-18)17-23-24-20(26(17)19)29-10-7-25-5-8-27-9-6-25/h13H,5-12H2,1-4H3. The Morgan fingerprint density at radius 3 is 2.74 bits per heavy atom. The Morgan fingerprint density at radius 2 is 1.97 bits per heavy atom. The second-order valence-corrected chi connectivity index (χ2v) is 12.6. The van der Waals surface area contributed by atoms with Crippen LogP contribution < -0.4 is 0 Å². The molecule has 7 nitrogen and oxygen atoms in total. The summed E-state index contributed by atoms with van der Waals surface area (Å²) < 4.78 is 13.7. The van der Waals surface area contributed by atoms with Gasteiger partial charge in [0.1, 0.15) is 4.83 Å². The first-order valence-electron chi connectivity index (χ1n) is 10.8. The molecule has 0 bridgehead atoms. The molecule has 0 saturated carbocycles. The number of hydrogen-bond acceptors (Lipinski definition) is 9. The second-order valence-electron chi connectivity index (χ2n) is 8.91. The van der Waals surface area contributed by atoms with Crippen LogP contribution in [0, 0.1) is 0 Å². The van der Waals surface area contributed by atoms with Crippen molar-refractivity contribution in [3.05, 3.63) is 10.4 Å². The number of ether oxygens (including phenoxy) is 2. The van der Waals surface area contributed by atoms with Gasteiger partial charge in [-0.3, -0.25) is 4.90 Å². The molecule has 5 rings (SSSR count). The topological polar surface area (TPSA) is 64.8 Å². The zero-order valence-corrected chi connectivity index (χ0v) is 21.0. The molecule has 1 fully saturated rings. The van der Waals surface area contributed by atoms with Crippen molar-refractivity contribution in [2.75, 3.05) is 38.6 Å². The molecule has 31 heavy (non-hydrogen) atoms. The van der Waals surface area contributed by atoms with Gasteiger partial charge in [-0.05, 0) is 19.4 Å². The fraction of sp³-hybridized carbons (Fsp3) is 0.667. The Balaban J connectivity index is 1.52. The molecule has 0 amide bonds. The normalized spacial score (nSPS) is 19.5. The summed E-state index contributed by atoms with van der Waals surface area (Å²) in [5.41, 5.74) is 2.11. The molecule has 2 aliphatic heterocycles. The van der Waals surface area contributed by atoms with Crippen LogP contribution in [0.4, 0.5) is 0 Å². The van der Waals surface area contributed by atoms with Crippen LogP contribution in [-0.2, 0) is 22.5 Å². The van der Waals surface area contributed by atoms with Gasteiger partial charge < -0.3 is 9.47 Å². The molecule has 2 aliphatic rings. The molecule has 0 aromatic carbocycles. The largest absolute Gasteiger partial charge is 0.379 e. The fourth-order valence-electron chi connectivity index (χ4n) is 4.06. The van der Waals surface area contributed by atoms with Crippen LogP contribution in [0.1, 0.15) is 38.1 Å². The predicted molar refractivity (Wildman–Crippen MR) is 128 cm³/mol. The number of nitrogens with zero attached hydrogens (tertiary/aromatic N) is 5. The van der Waals surface area contributed by atoms with Gasteiger partial charge in [0.05, 0.1) is 30.8 Å². The first-order valence-corrected chi connectivity index (χ1v) is 13.5. The third kappa shape index (κ3) is 4.47. The van der Waals surface area contributed by atoms with Crippen LogP contribution in [-0.4, -0.2) is 73.9 Å². The van der Waals surface area contributed by atoms with Crippen molar-refractivity contribution in [1.82, 2.24) is 24.5 Å². The molecule has 1 saturated heterocycles. The Labute approximate surface area is 195 Å². The second kappa shape index (κ2) is 8.79. The van der Waals surface area contributed by atoms with Crippen LogP contribution >= 0.6 is 34.9 Å². The molecule has 10 heteroatoms. The van der Waals surface area contributed by atoms with E-state index in [1.165, 1.54) is 10.4 Å². The van der Waals surface area contributed by atoms with Crippen LogP contribution in [0.15, 0.2) is 10.3 Å². The highest BCUT2D eigenvalue weighted by atomic mass is 32.2. The van der Waals surface area contributed by atoms with Crippen molar-refractivity contribution in [3.8, 4) is 0 Å². The summed E-state index contributed by atoms with van der Waals surface area (Å²) in [6.07, 6.45) is 0.878. The van der Waals surface area contributed by atoms with E-state index < -0.39 is 0 Å². The number of thiophene rings is 1. The van der Waals surface area contributed by atoms with Gasteiger partial charge in [-0.2, -0.15) is 0 Å². The van der Waals surface area contributed by atoms with Crippen LogP contribution in [0.3, 0.4) is 0 Å². The van der Waals surface area contributed by atoms with E-state index >= 15 is 0 Å². The Kier molecular flexibility index (Phi) is 6.22. The number of fused-ring (bicyclic) bond motifs is 5. The van der Waals surface area contributed by atoms with Crippen molar-refractivity contribution in [2.24, 2.45) is 0 Å². The number of aromatic nitrogens is 4. The van der Waals surface area contributed by atoms with Crippen molar-refractivity contribution in [2.45, 2.75) is 61.9 Å². The first kappa shape index (κ1) is 21.9. The summed E-state index contributed by atoms with van der Waals surface area (Å²) in [5.74, 6) is 0.979. The highest BCUT2D eigenvalue weighted by molar-refractivity contribution is 8.00. The van der Waals surface area contributed by atoms with Gasteiger partial charge >= 0.3 is 0 Å². The van der Waals surface area contributed by atoms with Gasteiger partial charge in [-0.25, -0.2) is 9.38 Å². The fourth-order valence-corrected chi connectivity index (χ4v) is 7.05. The van der Waals surface area contributed by atoms with Gasteiger partial charge in [0.25, 0.3) is 0 Å². The van der Waals surface area contributed by atoms with E-state index in [2.05, 4.69) is 47.2 Å². The Hall–Kier alpha value is -0.910. The number of rotatable bonds is 6. The van der Waals surface area contributed by atoms with E-state index in [4.69, 9.17) is 14.5 Å². The zero-order chi connectivity index (χ0) is 21.6. The minimum atomic E-state index is -0.168. The van der Waals surface area contributed by atoms with Crippen molar-refractivity contribution in [3.63, 3.8) is 0 Å². The molecule has 3 aromatic rings. The molecule has 0 atom stereocenters. The first-order chi connectivity index (χ1) is 14.9. The molecule has 0 aliphatic carbocycles. The third-order valence-electron chi connectivity index (χ3n) is 5.60. The monoisotopic (exact) mass is 479 g/mol. The summed E-state index contributed by atoms with van der Waals surface area (Å²) in [5, 5.41) is 12.8. The summed E-state index contributed by atoms with van der Waals surface area (Å²) in [6, 6.07) is 0. The average molecular weight is 480 g/mol. The maximum absolute atomic E-state index is 6.06. The van der Waals surface area contributed by atoms with Gasteiger partial charge in [-0.15, -0.1) is 21.5 Å². The lowest BCUT2D eigenvalue weighted by Crippen LogP contribution is -2.37. The van der Waals surface area contributed by atoms with Gasteiger partial charge in [0.15, 0.2) is 16.0 Å². The van der Waals surface area contributed by atoms with E-state index in [9.17, 15) is 0 Å². The summed E-state index contributed by atoms with van der Waals surface area (Å²) in [4.78, 5) is 9.88. The lowest BCUT2D eigenvalue weighted by atomic mass is 9.94. The number of morpholine rings is 1. The molecule has 5 heterocycles. The minimum Gasteiger partial charge on any atom is -0.379 e. The number of thioether (sulfide) groups is 2.